The predicted molar refractivity (Wildman–Crippen MR) is 78.1 cm³/mol. The van der Waals surface area contributed by atoms with Gasteiger partial charge in [-0.25, -0.2) is 0 Å². The van der Waals surface area contributed by atoms with Gasteiger partial charge in [-0.15, -0.1) is 0 Å². The molecule has 1 N–H and O–H groups in total. The maximum Gasteiger partial charge on any atom is 0.416 e. The molecule has 0 spiro atoms. The van der Waals surface area contributed by atoms with E-state index in [1.807, 2.05) is 0 Å². The molecule has 0 saturated heterocycles. The molecule has 2 aliphatic carbocycles. The predicted octanol–water partition coefficient (Wildman–Crippen LogP) is 5.33. The zero-order valence-corrected chi connectivity index (χ0v) is 12.7. The maximum atomic E-state index is 12.8. The Morgan fingerprint density at radius 1 is 1.19 bits per heavy atom. The molecule has 0 amide bonds. The smallest absolute Gasteiger partial charge is 0.382 e. The highest BCUT2D eigenvalue weighted by Crippen LogP contribution is 2.65. The number of nitrogens with one attached hydrogen (secondary N) is 1. The van der Waals surface area contributed by atoms with Gasteiger partial charge in [-0.2, -0.15) is 13.2 Å². The van der Waals surface area contributed by atoms with Crippen molar-refractivity contribution in [1.29, 1.82) is 0 Å². The van der Waals surface area contributed by atoms with Crippen molar-refractivity contribution in [2.24, 2.45) is 16.7 Å². The van der Waals surface area contributed by atoms with Crippen molar-refractivity contribution in [3.8, 4) is 0 Å². The second-order valence-electron chi connectivity index (χ2n) is 7.39. The van der Waals surface area contributed by atoms with Crippen LogP contribution in [-0.2, 0) is 6.18 Å². The van der Waals surface area contributed by atoms with Crippen LogP contribution in [-0.4, -0.2) is 6.04 Å². The summed E-state index contributed by atoms with van der Waals surface area (Å²) in [6, 6.07) is 5.82. The van der Waals surface area contributed by atoms with E-state index < -0.39 is 11.7 Å². The van der Waals surface area contributed by atoms with Crippen LogP contribution in [0.1, 0.15) is 45.6 Å². The molecule has 1 nitrogen and oxygen atoms in total. The van der Waals surface area contributed by atoms with Gasteiger partial charge in [0.25, 0.3) is 0 Å². The normalized spacial score (nSPS) is 34.2. The minimum atomic E-state index is -4.28. The fourth-order valence-electron chi connectivity index (χ4n) is 4.41. The van der Waals surface area contributed by atoms with Crippen molar-refractivity contribution in [1.82, 2.24) is 0 Å². The van der Waals surface area contributed by atoms with Gasteiger partial charge >= 0.3 is 6.18 Å². The zero-order valence-electron chi connectivity index (χ0n) is 12.7. The molecule has 3 rings (SSSR count). The number of alkyl halides is 3. The van der Waals surface area contributed by atoms with E-state index in [9.17, 15) is 13.2 Å². The number of halogens is 3. The number of rotatable bonds is 2. The van der Waals surface area contributed by atoms with E-state index in [0.29, 0.717) is 11.6 Å². The van der Waals surface area contributed by atoms with Crippen LogP contribution in [0.15, 0.2) is 24.3 Å². The molecule has 3 atom stereocenters. The molecular formula is C17H22F3N. The van der Waals surface area contributed by atoms with Crippen molar-refractivity contribution < 1.29 is 13.2 Å². The Kier molecular flexibility index (Phi) is 3.09. The summed E-state index contributed by atoms with van der Waals surface area (Å²) < 4.78 is 38.4. The Morgan fingerprint density at radius 3 is 2.43 bits per heavy atom. The highest BCUT2D eigenvalue weighted by Gasteiger charge is 2.61. The van der Waals surface area contributed by atoms with Gasteiger partial charge in [0.15, 0.2) is 0 Å². The summed E-state index contributed by atoms with van der Waals surface area (Å²) in [5.41, 5.74) is 0.414. The van der Waals surface area contributed by atoms with Crippen LogP contribution in [0.2, 0.25) is 0 Å². The van der Waals surface area contributed by atoms with Gasteiger partial charge in [-0.3, -0.25) is 0 Å². The first-order valence-corrected chi connectivity index (χ1v) is 7.58. The first-order valence-electron chi connectivity index (χ1n) is 7.58. The topological polar surface area (TPSA) is 12.0 Å². The molecule has 0 aliphatic heterocycles. The van der Waals surface area contributed by atoms with Gasteiger partial charge in [0.05, 0.1) is 5.56 Å². The van der Waals surface area contributed by atoms with Crippen LogP contribution in [0.4, 0.5) is 18.9 Å². The zero-order chi connectivity index (χ0) is 15.5. The van der Waals surface area contributed by atoms with Crippen molar-refractivity contribution in [2.75, 3.05) is 5.32 Å². The number of hydrogen-bond donors (Lipinski definition) is 1. The van der Waals surface area contributed by atoms with Gasteiger partial charge in [-0.1, -0.05) is 26.8 Å². The molecular weight excluding hydrogens is 275 g/mol. The van der Waals surface area contributed by atoms with Gasteiger partial charge in [-0.05, 0) is 54.2 Å². The number of fused-ring (bicyclic) bond motifs is 2. The third-order valence-corrected chi connectivity index (χ3v) is 6.32. The van der Waals surface area contributed by atoms with E-state index in [-0.39, 0.29) is 16.9 Å². The molecule has 2 bridgehead atoms. The molecule has 0 heterocycles. The summed E-state index contributed by atoms with van der Waals surface area (Å²) >= 11 is 0. The molecule has 1 aromatic rings. The van der Waals surface area contributed by atoms with Gasteiger partial charge in [0.1, 0.15) is 0 Å². The van der Waals surface area contributed by atoms with Crippen LogP contribution >= 0.6 is 0 Å². The van der Waals surface area contributed by atoms with E-state index in [0.717, 1.165) is 18.9 Å². The molecule has 0 radical (unpaired) electrons. The Morgan fingerprint density at radius 2 is 1.90 bits per heavy atom. The maximum absolute atomic E-state index is 12.8. The lowest BCUT2D eigenvalue weighted by Crippen LogP contribution is -2.40. The molecule has 1 aromatic carbocycles. The average molecular weight is 297 g/mol. The van der Waals surface area contributed by atoms with Crippen molar-refractivity contribution in [3.05, 3.63) is 29.8 Å². The monoisotopic (exact) mass is 297 g/mol. The molecule has 2 fully saturated rings. The summed E-state index contributed by atoms with van der Waals surface area (Å²) in [4.78, 5) is 0. The van der Waals surface area contributed by atoms with Crippen LogP contribution in [0.5, 0.6) is 0 Å². The second-order valence-corrected chi connectivity index (χ2v) is 7.39. The summed E-state index contributed by atoms with van der Waals surface area (Å²) in [6.07, 6.45) is -0.832. The minimum absolute atomic E-state index is 0.159. The third kappa shape index (κ3) is 2.14. The van der Waals surface area contributed by atoms with Crippen LogP contribution in [0.25, 0.3) is 0 Å². The summed E-state index contributed by atoms with van der Waals surface area (Å²) in [5.74, 6) is 0.672. The van der Waals surface area contributed by atoms with E-state index in [1.54, 1.807) is 6.07 Å². The number of benzene rings is 1. The molecule has 116 valence electrons. The third-order valence-electron chi connectivity index (χ3n) is 6.32. The minimum Gasteiger partial charge on any atom is -0.382 e. The van der Waals surface area contributed by atoms with E-state index >= 15 is 0 Å². The highest BCUT2D eigenvalue weighted by atomic mass is 19.4. The number of hydrogen-bond acceptors (Lipinski definition) is 1. The van der Waals surface area contributed by atoms with Gasteiger partial charge in [0.2, 0.25) is 0 Å². The average Bonchev–Trinajstić information content (AvgIpc) is 2.71. The SMILES string of the molecule is CC1(C)C2CCC1(C)C(Nc1cccc(C(F)(F)F)c1)C2. The fourth-order valence-corrected chi connectivity index (χ4v) is 4.41. The summed E-state index contributed by atoms with van der Waals surface area (Å²) in [5, 5.41) is 3.38. The first kappa shape index (κ1) is 14.7. The van der Waals surface area contributed by atoms with Crippen LogP contribution in [0.3, 0.4) is 0 Å². The van der Waals surface area contributed by atoms with Crippen molar-refractivity contribution in [2.45, 2.75) is 52.3 Å². The summed E-state index contributed by atoms with van der Waals surface area (Å²) in [6.45, 7) is 6.89. The molecule has 3 unspecified atom stereocenters. The second kappa shape index (κ2) is 4.40. The first-order chi connectivity index (χ1) is 9.64. The highest BCUT2D eigenvalue weighted by molar-refractivity contribution is 5.48. The van der Waals surface area contributed by atoms with Gasteiger partial charge in [0, 0.05) is 11.7 Å². The lowest BCUT2D eigenvalue weighted by Gasteiger charge is -2.40. The summed E-state index contributed by atoms with van der Waals surface area (Å²) in [7, 11) is 0. The Balaban J connectivity index is 1.83. The Hall–Kier alpha value is -1.19. The van der Waals surface area contributed by atoms with Crippen molar-refractivity contribution in [3.63, 3.8) is 0 Å². The standard InChI is InChI=1S/C17H22F3N/c1-15(2)11-7-8-16(15,3)14(10-11)21-13-6-4-5-12(9-13)17(18,19)20/h4-6,9,11,14,21H,7-8,10H2,1-3H3. The largest absolute Gasteiger partial charge is 0.416 e. The molecule has 2 aliphatic rings. The van der Waals surface area contributed by atoms with Crippen LogP contribution in [0, 0.1) is 16.7 Å². The molecule has 0 aromatic heterocycles. The Labute approximate surface area is 123 Å². The lowest BCUT2D eigenvalue weighted by molar-refractivity contribution is -0.137. The quantitative estimate of drug-likeness (QED) is 0.777. The molecule has 2 saturated carbocycles. The molecule has 21 heavy (non-hydrogen) atoms. The lowest BCUT2D eigenvalue weighted by atomic mass is 9.69. The van der Waals surface area contributed by atoms with E-state index in [1.165, 1.54) is 18.6 Å². The van der Waals surface area contributed by atoms with Crippen LogP contribution < -0.4 is 5.32 Å². The molecule has 4 heteroatoms. The van der Waals surface area contributed by atoms with E-state index in [2.05, 4.69) is 26.1 Å². The van der Waals surface area contributed by atoms with Gasteiger partial charge < -0.3 is 5.32 Å². The van der Waals surface area contributed by atoms with E-state index in [4.69, 9.17) is 0 Å². The Bertz CT molecular complexity index is 549. The fraction of sp³-hybridized carbons (Fsp3) is 0.647. The number of anilines is 1. The van der Waals surface area contributed by atoms with Crippen molar-refractivity contribution >= 4 is 5.69 Å².